The second kappa shape index (κ2) is 8.95. The number of halogens is 1. The van der Waals surface area contributed by atoms with Crippen LogP contribution in [-0.2, 0) is 5.60 Å². The summed E-state index contributed by atoms with van der Waals surface area (Å²) < 4.78 is 5.53. The first-order valence-corrected chi connectivity index (χ1v) is 11.1. The van der Waals surface area contributed by atoms with Crippen molar-refractivity contribution in [2.75, 3.05) is 44.7 Å². The molecule has 4 rings (SSSR count). The lowest BCUT2D eigenvalue weighted by Gasteiger charge is -2.44. The van der Waals surface area contributed by atoms with Gasteiger partial charge in [0, 0.05) is 43.7 Å². The standard InChI is InChI=1S/C24H31ClN2O2/c1-29-23-8-3-2-7-22(23)27-16-14-26(15-17-27)18-20-6-4-5-13-24(20,28)19-9-11-21(25)12-10-19/h2-3,7-12,20,28H,4-6,13-18H2,1H3. The minimum Gasteiger partial charge on any atom is -0.495 e. The maximum absolute atomic E-state index is 11.6. The number of hydrogen-bond donors (Lipinski definition) is 1. The molecule has 1 aliphatic carbocycles. The number of anilines is 1. The van der Waals surface area contributed by atoms with E-state index < -0.39 is 5.60 Å². The first-order valence-electron chi connectivity index (χ1n) is 10.7. The molecule has 0 aromatic heterocycles. The fraction of sp³-hybridized carbons (Fsp3) is 0.500. The number of benzene rings is 2. The highest BCUT2D eigenvalue weighted by molar-refractivity contribution is 6.30. The Hall–Kier alpha value is -1.75. The molecule has 2 aliphatic rings. The van der Waals surface area contributed by atoms with E-state index in [4.69, 9.17) is 16.3 Å². The Balaban J connectivity index is 1.42. The highest BCUT2D eigenvalue weighted by Gasteiger charge is 2.41. The lowest BCUT2D eigenvalue weighted by molar-refractivity contribution is -0.0660. The molecule has 29 heavy (non-hydrogen) atoms. The van der Waals surface area contributed by atoms with E-state index in [9.17, 15) is 5.11 Å². The molecule has 2 aromatic rings. The van der Waals surface area contributed by atoms with E-state index in [0.717, 1.165) is 68.3 Å². The smallest absolute Gasteiger partial charge is 0.142 e. The molecule has 1 saturated carbocycles. The van der Waals surface area contributed by atoms with Crippen molar-refractivity contribution in [1.82, 2.24) is 4.90 Å². The van der Waals surface area contributed by atoms with Gasteiger partial charge in [-0.2, -0.15) is 0 Å². The number of rotatable bonds is 5. The average Bonchev–Trinajstić information content (AvgIpc) is 2.76. The summed E-state index contributed by atoms with van der Waals surface area (Å²) in [4.78, 5) is 4.92. The molecule has 2 atom stereocenters. The van der Waals surface area contributed by atoms with E-state index in [2.05, 4.69) is 21.9 Å². The van der Waals surface area contributed by atoms with Crippen LogP contribution in [-0.4, -0.2) is 49.8 Å². The van der Waals surface area contributed by atoms with Crippen LogP contribution in [0, 0.1) is 5.92 Å². The summed E-state index contributed by atoms with van der Waals surface area (Å²) in [6.45, 7) is 4.91. The zero-order chi connectivity index (χ0) is 20.3. The first-order chi connectivity index (χ1) is 14.1. The quantitative estimate of drug-likeness (QED) is 0.778. The minimum absolute atomic E-state index is 0.259. The maximum Gasteiger partial charge on any atom is 0.142 e. The van der Waals surface area contributed by atoms with Gasteiger partial charge in [-0.3, -0.25) is 4.90 Å². The molecule has 1 heterocycles. The summed E-state index contributed by atoms with van der Waals surface area (Å²) in [5.41, 5.74) is 1.44. The van der Waals surface area contributed by atoms with Crippen molar-refractivity contribution in [2.24, 2.45) is 5.92 Å². The van der Waals surface area contributed by atoms with Crippen LogP contribution in [0.25, 0.3) is 0 Å². The Kier molecular flexibility index (Phi) is 6.33. The summed E-state index contributed by atoms with van der Waals surface area (Å²) in [6.07, 6.45) is 4.19. The van der Waals surface area contributed by atoms with Crippen molar-refractivity contribution in [3.05, 3.63) is 59.1 Å². The summed E-state index contributed by atoms with van der Waals surface area (Å²) in [6, 6.07) is 16.0. The molecular weight excluding hydrogens is 384 g/mol. The van der Waals surface area contributed by atoms with Crippen molar-refractivity contribution in [3.8, 4) is 5.75 Å². The van der Waals surface area contributed by atoms with Crippen molar-refractivity contribution >= 4 is 17.3 Å². The fourth-order valence-electron chi connectivity index (χ4n) is 4.96. The van der Waals surface area contributed by atoms with Crippen molar-refractivity contribution in [1.29, 1.82) is 0 Å². The van der Waals surface area contributed by atoms with E-state index in [0.29, 0.717) is 0 Å². The molecule has 0 amide bonds. The topological polar surface area (TPSA) is 35.9 Å². The SMILES string of the molecule is COc1ccccc1N1CCN(CC2CCCCC2(O)c2ccc(Cl)cc2)CC1. The molecule has 2 fully saturated rings. The molecule has 0 spiro atoms. The number of para-hydroxylation sites is 2. The molecule has 2 aromatic carbocycles. The van der Waals surface area contributed by atoms with Crippen LogP contribution in [0.3, 0.4) is 0 Å². The van der Waals surface area contributed by atoms with Crippen LogP contribution in [0.1, 0.15) is 31.2 Å². The molecular formula is C24H31ClN2O2. The second-order valence-corrected chi connectivity index (χ2v) is 8.77. The average molecular weight is 415 g/mol. The Morgan fingerprint density at radius 3 is 2.48 bits per heavy atom. The molecule has 1 saturated heterocycles. The van der Waals surface area contributed by atoms with Gasteiger partial charge in [-0.1, -0.05) is 48.7 Å². The van der Waals surface area contributed by atoms with Gasteiger partial charge in [0.15, 0.2) is 0 Å². The third-order valence-corrected chi connectivity index (χ3v) is 6.91. The first kappa shape index (κ1) is 20.5. The molecule has 2 unspecified atom stereocenters. The van der Waals surface area contributed by atoms with Gasteiger partial charge in [-0.15, -0.1) is 0 Å². The molecule has 5 heteroatoms. The van der Waals surface area contributed by atoms with Gasteiger partial charge in [0.05, 0.1) is 18.4 Å². The van der Waals surface area contributed by atoms with Crippen LogP contribution in [0.5, 0.6) is 5.75 Å². The lowest BCUT2D eigenvalue weighted by atomic mass is 9.71. The van der Waals surface area contributed by atoms with E-state index in [1.807, 2.05) is 36.4 Å². The van der Waals surface area contributed by atoms with Gasteiger partial charge < -0.3 is 14.7 Å². The maximum atomic E-state index is 11.6. The van der Waals surface area contributed by atoms with Crippen LogP contribution < -0.4 is 9.64 Å². The molecule has 1 N–H and O–H groups in total. The number of aliphatic hydroxyl groups is 1. The molecule has 156 valence electrons. The molecule has 1 aliphatic heterocycles. The van der Waals surface area contributed by atoms with E-state index in [1.54, 1.807) is 7.11 Å². The number of methoxy groups -OCH3 is 1. The van der Waals surface area contributed by atoms with E-state index in [-0.39, 0.29) is 5.92 Å². The van der Waals surface area contributed by atoms with Gasteiger partial charge in [0.1, 0.15) is 5.75 Å². The zero-order valence-corrected chi connectivity index (χ0v) is 17.9. The van der Waals surface area contributed by atoms with Crippen molar-refractivity contribution < 1.29 is 9.84 Å². The van der Waals surface area contributed by atoms with Gasteiger partial charge >= 0.3 is 0 Å². The number of piperazine rings is 1. The van der Waals surface area contributed by atoms with E-state index >= 15 is 0 Å². The summed E-state index contributed by atoms with van der Waals surface area (Å²) in [5, 5.41) is 12.3. The van der Waals surface area contributed by atoms with Crippen molar-refractivity contribution in [2.45, 2.75) is 31.3 Å². The van der Waals surface area contributed by atoms with Crippen LogP contribution in [0.2, 0.25) is 5.02 Å². The molecule has 4 nitrogen and oxygen atoms in total. The van der Waals surface area contributed by atoms with Crippen LogP contribution in [0.15, 0.2) is 48.5 Å². The largest absolute Gasteiger partial charge is 0.495 e. The Morgan fingerprint density at radius 2 is 1.76 bits per heavy atom. The third-order valence-electron chi connectivity index (χ3n) is 6.66. The van der Waals surface area contributed by atoms with Gasteiger partial charge in [0.25, 0.3) is 0 Å². The van der Waals surface area contributed by atoms with E-state index in [1.165, 1.54) is 12.1 Å². The number of ether oxygens (including phenoxy) is 1. The second-order valence-electron chi connectivity index (χ2n) is 8.33. The van der Waals surface area contributed by atoms with Crippen LogP contribution in [0.4, 0.5) is 5.69 Å². The number of nitrogens with zero attached hydrogens (tertiary/aromatic N) is 2. The molecule has 0 radical (unpaired) electrons. The molecule has 0 bridgehead atoms. The Bertz CT molecular complexity index is 805. The lowest BCUT2D eigenvalue weighted by Crippen LogP contribution is -2.51. The predicted octanol–water partition coefficient (Wildman–Crippen LogP) is 4.55. The van der Waals surface area contributed by atoms with Crippen LogP contribution >= 0.6 is 11.6 Å². The summed E-state index contributed by atoms with van der Waals surface area (Å²) in [5.74, 6) is 1.19. The Morgan fingerprint density at radius 1 is 1.03 bits per heavy atom. The normalized spacial score (nSPS) is 25.8. The monoisotopic (exact) mass is 414 g/mol. The Labute approximate surface area is 179 Å². The third kappa shape index (κ3) is 4.40. The minimum atomic E-state index is -0.747. The number of hydrogen-bond acceptors (Lipinski definition) is 4. The van der Waals surface area contributed by atoms with Gasteiger partial charge in [-0.05, 0) is 42.7 Å². The predicted molar refractivity (Wildman–Crippen MR) is 119 cm³/mol. The highest BCUT2D eigenvalue weighted by Crippen LogP contribution is 2.42. The van der Waals surface area contributed by atoms with Gasteiger partial charge in [0.2, 0.25) is 0 Å². The highest BCUT2D eigenvalue weighted by atomic mass is 35.5. The fourth-order valence-corrected chi connectivity index (χ4v) is 5.09. The summed E-state index contributed by atoms with van der Waals surface area (Å²) in [7, 11) is 1.73. The van der Waals surface area contributed by atoms with Crippen molar-refractivity contribution in [3.63, 3.8) is 0 Å². The summed E-state index contributed by atoms with van der Waals surface area (Å²) >= 11 is 6.07. The van der Waals surface area contributed by atoms with Gasteiger partial charge in [-0.25, -0.2) is 0 Å². The zero-order valence-electron chi connectivity index (χ0n) is 17.2.